The lowest BCUT2D eigenvalue weighted by atomic mass is 10.2. The molecule has 0 saturated carbocycles. The average molecular weight is 287 g/mol. The summed E-state index contributed by atoms with van der Waals surface area (Å²) >= 11 is 0. The fourth-order valence-corrected chi connectivity index (χ4v) is 2.54. The zero-order valence-corrected chi connectivity index (χ0v) is 11.7. The van der Waals surface area contributed by atoms with E-state index in [1.807, 2.05) is 0 Å². The maximum Gasteiger partial charge on any atom is 0.337 e. The zero-order valence-electron chi connectivity index (χ0n) is 10.9. The smallest absolute Gasteiger partial charge is 0.337 e. The van der Waals surface area contributed by atoms with Gasteiger partial charge < -0.3 is 9.47 Å². The van der Waals surface area contributed by atoms with E-state index in [1.165, 1.54) is 20.3 Å². The second-order valence-corrected chi connectivity index (χ2v) is 5.68. The second-order valence-electron chi connectivity index (χ2n) is 3.84. The molecule has 106 valence electrons. The second kappa shape index (κ2) is 7.10. The van der Waals surface area contributed by atoms with Crippen LogP contribution in [0.2, 0.25) is 0 Å². The number of hydrogen-bond donors (Lipinski definition) is 1. The first-order chi connectivity index (χ1) is 8.98. The third-order valence-electron chi connectivity index (χ3n) is 2.32. The highest BCUT2D eigenvalue weighted by atomic mass is 32.2. The number of hydrogen-bond acceptors (Lipinski definition) is 5. The number of rotatable bonds is 7. The number of anilines is 1. The summed E-state index contributed by atoms with van der Waals surface area (Å²) in [6.45, 7) is 0.378. The van der Waals surface area contributed by atoms with Gasteiger partial charge in [0.2, 0.25) is 10.0 Å². The third kappa shape index (κ3) is 5.27. The van der Waals surface area contributed by atoms with Crippen LogP contribution in [-0.4, -0.2) is 41.0 Å². The Bertz CT molecular complexity index is 527. The van der Waals surface area contributed by atoms with Crippen molar-refractivity contribution >= 4 is 21.7 Å². The summed E-state index contributed by atoms with van der Waals surface area (Å²) in [5.74, 6) is -0.552. The molecule has 0 heterocycles. The van der Waals surface area contributed by atoms with Gasteiger partial charge in [0.25, 0.3) is 0 Å². The van der Waals surface area contributed by atoms with Crippen LogP contribution in [0.25, 0.3) is 0 Å². The molecule has 7 heteroatoms. The summed E-state index contributed by atoms with van der Waals surface area (Å²) in [7, 11) is -0.657. The Morgan fingerprint density at radius 1 is 1.32 bits per heavy atom. The fraction of sp³-hybridized carbons (Fsp3) is 0.417. The minimum atomic E-state index is -3.44. The van der Waals surface area contributed by atoms with Crippen LogP contribution in [0, 0.1) is 0 Å². The Morgan fingerprint density at radius 2 is 2.05 bits per heavy atom. The third-order valence-corrected chi connectivity index (χ3v) is 3.69. The van der Waals surface area contributed by atoms with Gasteiger partial charge in [0.05, 0.1) is 18.4 Å². The zero-order chi connectivity index (χ0) is 14.3. The lowest BCUT2D eigenvalue weighted by Gasteiger charge is -2.08. The summed E-state index contributed by atoms with van der Waals surface area (Å²) in [6.07, 6.45) is 0.405. The number of sulfonamides is 1. The standard InChI is InChI=1S/C12H17NO5S/c1-17-7-4-8-19(15,16)13-11-6-3-5-10(9-11)12(14)18-2/h3,5-6,9,13H,4,7-8H2,1-2H3. The number of benzene rings is 1. The monoisotopic (exact) mass is 287 g/mol. The SMILES string of the molecule is COCCCS(=O)(=O)Nc1cccc(C(=O)OC)c1. The van der Waals surface area contributed by atoms with Gasteiger partial charge in [0, 0.05) is 19.4 Å². The molecule has 1 aromatic carbocycles. The van der Waals surface area contributed by atoms with Gasteiger partial charge in [-0.05, 0) is 24.6 Å². The van der Waals surface area contributed by atoms with Gasteiger partial charge in [0.1, 0.15) is 0 Å². The molecule has 0 aliphatic carbocycles. The number of carbonyl (C=O) groups is 1. The van der Waals surface area contributed by atoms with Crippen molar-refractivity contribution in [1.29, 1.82) is 0 Å². The van der Waals surface area contributed by atoms with E-state index in [0.29, 0.717) is 24.3 Å². The first kappa shape index (κ1) is 15.5. The van der Waals surface area contributed by atoms with E-state index < -0.39 is 16.0 Å². The molecule has 0 radical (unpaired) electrons. The van der Waals surface area contributed by atoms with Crippen LogP contribution < -0.4 is 4.72 Å². The highest BCUT2D eigenvalue weighted by molar-refractivity contribution is 7.92. The molecule has 19 heavy (non-hydrogen) atoms. The summed E-state index contributed by atoms with van der Waals surface area (Å²) in [5.41, 5.74) is 0.625. The molecule has 0 aliphatic heterocycles. The molecule has 0 bridgehead atoms. The van der Waals surface area contributed by atoms with Crippen LogP contribution in [0.3, 0.4) is 0 Å². The van der Waals surface area contributed by atoms with E-state index in [0.717, 1.165) is 0 Å². The Morgan fingerprint density at radius 3 is 2.68 bits per heavy atom. The number of esters is 1. The van der Waals surface area contributed by atoms with Gasteiger partial charge in [-0.3, -0.25) is 4.72 Å². The summed E-state index contributed by atoms with van der Waals surface area (Å²) < 4.78 is 35.3. The van der Waals surface area contributed by atoms with E-state index in [9.17, 15) is 13.2 Å². The van der Waals surface area contributed by atoms with Crippen molar-refractivity contribution in [3.63, 3.8) is 0 Å². The van der Waals surface area contributed by atoms with Gasteiger partial charge in [-0.25, -0.2) is 13.2 Å². The first-order valence-electron chi connectivity index (χ1n) is 5.66. The van der Waals surface area contributed by atoms with Crippen LogP contribution in [-0.2, 0) is 19.5 Å². The molecule has 0 atom stereocenters. The Labute approximate surface area is 112 Å². The maximum absolute atomic E-state index is 11.7. The van der Waals surface area contributed by atoms with Crippen molar-refractivity contribution in [2.75, 3.05) is 31.3 Å². The van der Waals surface area contributed by atoms with Gasteiger partial charge in [-0.2, -0.15) is 0 Å². The van der Waals surface area contributed by atoms with E-state index in [4.69, 9.17) is 4.74 Å². The lowest BCUT2D eigenvalue weighted by molar-refractivity contribution is 0.0601. The van der Waals surface area contributed by atoms with Crippen LogP contribution in [0.15, 0.2) is 24.3 Å². The number of nitrogens with one attached hydrogen (secondary N) is 1. The van der Waals surface area contributed by atoms with Crippen LogP contribution in [0.1, 0.15) is 16.8 Å². The predicted octanol–water partition coefficient (Wildman–Crippen LogP) is 1.25. The predicted molar refractivity (Wildman–Crippen MR) is 71.7 cm³/mol. The largest absolute Gasteiger partial charge is 0.465 e. The van der Waals surface area contributed by atoms with Crippen molar-refractivity contribution < 1.29 is 22.7 Å². The summed E-state index contributed by atoms with van der Waals surface area (Å²) in [6, 6.07) is 6.13. The molecular formula is C12H17NO5S. The van der Waals surface area contributed by atoms with Gasteiger partial charge in [-0.15, -0.1) is 0 Å². The molecular weight excluding hydrogens is 270 g/mol. The minimum Gasteiger partial charge on any atom is -0.465 e. The molecule has 0 saturated heterocycles. The summed E-state index contributed by atoms with van der Waals surface area (Å²) in [4.78, 5) is 11.3. The normalized spacial score (nSPS) is 11.1. The quantitative estimate of drug-likeness (QED) is 0.603. The highest BCUT2D eigenvalue weighted by Gasteiger charge is 2.12. The lowest BCUT2D eigenvalue weighted by Crippen LogP contribution is -2.18. The van der Waals surface area contributed by atoms with Gasteiger partial charge in [-0.1, -0.05) is 6.07 Å². The number of ether oxygens (including phenoxy) is 2. The van der Waals surface area contributed by atoms with Crippen LogP contribution in [0.5, 0.6) is 0 Å². The molecule has 6 nitrogen and oxygen atoms in total. The molecule has 0 amide bonds. The first-order valence-corrected chi connectivity index (χ1v) is 7.31. The molecule has 0 spiro atoms. The van der Waals surface area contributed by atoms with Crippen molar-refractivity contribution in [3.05, 3.63) is 29.8 Å². The van der Waals surface area contributed by atoms with E-state index in [2.05, 4.69) is 9.46 Å². The minimum absolute atomic E-state index is 0.0384. The Kier molecular flexibility index (Phi) is 5.78. The molecule has 0 aliphatic rings. The van der Waals surface area contributed by atoms with E-state index in [1.54, 1.807) is 18.2 Å². The Balaban J connectivity index is 2.73. The molecule has 1 rings (SSSR count). The molecule has 0 fully saturated rings. The molecule has 1 aromatic rings. The van der Waals surface area contributed by atoms with Gasteiger partial charge >= 0.3 is 5.97 Å². The topological polar surface area (TPSA) is 81.7 Å². The molecule has 0 unspecified atom stereocenters. The van der Waals surface area contributed by atoms with Crippen molar-refractivity contribution in [2.45, 2.75) is 6.42 Å². The van der Waals surface area contributed by atoms with Crippen LogP contribution in [0.4, 0.5) is 5.69 Å². The highest BCUT2D eigenvalue weighted by Crippen LogP contribution is 2.13. The fourth-order valence-electron chi connectivity index (χ4n) is 1.45. The maximum atomic E-state index is 11.7. The number of carbonyl (C=O) groups excluding carboxylic acids is 1. The van der Waals surface area contributed by atoms with E-state index in [-0.39, 0.29) is 5.75 Å². The molecule has 0 aromatic heterocycles. The van der Waals surface area contributed by atoms with Crippen molar-refractivity contribution in [1.82, 2.24) is 0 Å². The van der Waals surface area contributed by atoms with Crippen molar-refractivity contribution in [2.24, 2.45) is 0 Å². The average Bonchev–Trinajstić information content (AvgIpc) is 2.37. The molecule has 1 N–H and O–H groups in total. The van der Waals surface area contributed by atoms with Gasteiger partial charge in [0.15, 0.2) is 0 Å². The van der Waals surface area contributed by atoms with Crippen LogP contribution >= 0.6 is 0 Å². The van der Waals surface area contributed by atoms with Crippen molar-refractivity contribution in [3.8, 4) is 0 Å². The van der Waals surface area contributed by atoms with E-state index >= 15 is 0 Å². The Hall–Kier alpha value is -1.60. The number of methoxy groups -OCH3 is 2. The summed E-state index contributed by atoms with van der Waals surface area (Å²) in [5, 5.41) is 0.